The van der Waals surface area contributed by atoms with Gasteiger partial charge >= 0.3 is 0 Å². The third-order valence-electron chi connectivity index (χ3n) is 4.27. The van der Waals surface area contributed by atoms with Gasteiger partial charge in [-0.3, -0.25) is 0 Å². The number of fused-ring (bicyclic) bond motifs is 1. The summed E-state index contributed by atoms with van der Waals surface area (Å²) in [4.78, 5) is 2.13. The highest BCUT2D eigenvalue weighted by Crippen LogP contribution is 2.35. The molecule has 132 valence electrons. The maximum Gasteiger partial charge on any atom is 0.147 e. The van der Waals surface area contributed by atoms with E-state index in [-0.39, 0.29) is 0 Å². The van der Waals surface area contributed by atoms with Gasteiger partial charge in [0, 0.05) is 27.4 Å². The van der Waals surface area contributed by atoms with Crippen molar-refractivity contribution in [3.8, 4) is 5.75 Å². The molecule has 2 aromatic carbocycles. The van der Waals surface area contributed by atoms with Crippen molar-refractivity contribution >= 4 is 42.8 Å². The Morgan fingerprint density at radius 2 is 1.68 bits per heavy atom. The number of nitrogens with zero attached hydrogens (tertiary/aromatic N) is 2. The first kappa shape index (κ1) is 18.5. The number of halogens is 2. The molecule has 0 N–H and O–H groups in total. The molecule has 25 heavy (non-hydrogen) atoms. The highest BCUT2D eigenvalue weighted by molar-refractivity contribution is 9.10. The molecule has 0 atom stereocenters. The van der Waals surface area contributed by atoms with E-state index in [0.717, 1.165) is 38.9 Å². The van der Waals surface area contributed by atoms with Crippen LogP contribution in [0.4, 0.5) is 0 Å². The lowest BCUT2D eigenvalue weighted by Crippen LogP contribution is -2.19. The lowest BCUT2D eigenvalue weighted by molar-refractivity contribution is 0.262. The molecule has 0 aliphatic rings. The summed E-state index contributed by atoms with van der Waals surface area (Å²) in [5, 5.41) is 1.16. The zero-order chi connectivity index (χ0) is 18.0. The summed E-state index contributed by atoms with van der Waals surface area (Å²) in [6.45, 7) is 4.54. The summed E-state index contributed by atoms with van der Waals surface area (Å²) in [6, 6.07) is 14.9. The molecular formula is C20H22Br2N2O. The minimum absolute atomic E-state index is 0.678. The Kier molecular flexibility index (Phi) is 5.87. The van der Waals surface area contributed by atoms with E-state index in [2.05, 4.69) is 105 Å². The smallest absolute Gasteiger partial charge is 0.147 e. The second-order valence-corrected chi connectivity index (χ2v) is 8.27. The van der Waals surface area contributed by atoms with Gasteiger partial charge in [-0.05, 0) is 56.9 Å². The van der Waals surface area contributed by atoms with Gasteiger partial charge in [-0.25, -0.2) is 0 Å². The molecule has 0 saturated carbocycles. The summed E-state index contributed by atoms with van der Waals surface area (Å²) < 4.78 is 10.7. The minimum Gasteiger partial charge on any atom is -0.490 e. The largest absolute Gasteiger partial charge is 0.490 e. The van der Waals surface area contributed by atoms with Gasteiger partial charge in [-0.2, -0.15) is 0 Å². The fraction of sp³-hybridized carbons (Fsp3) is 0.300. The zero-order valence-electron chi connectivity index (χ0n) is 14.7. The van der Waals surface area contributed by atoms with Crippen molar-refractivity contribution < 1.29 is 4.74 Å². The fourth-order valence-corrected chi connectivity index (χ4v) is 3.54. The van der Waals surface area contributed by atoms with E-state index in [1.807, 2.05) is 0 Å². The first-order valence-electron chi connectivity index (χ1n) is 8.26. The standard InChI is InChI=1S/C20H22Br2N2O/c1-14-20(25-11-10-23(2)3)18-12-17(22)8-9-19(18)24(14)13-15-4-6-16(21)7-5-15/h4-9,12H,10-11,13H2,1-3H3. The average molecular weight is 466 g/mol. The predicted octanol–water partition coefficient (Wildman–Crippen LogP) is 5.46. The fourth-order valence-electron chi connectivity index (χ4n) is 2.91. The van der Waals surface area contributed by atoms with Crippen LogP contribution in [0.5, 0.6) is 5.75 Å². The van der Waals surface area contributed by atoms with Gasteiger partial charge in [0.2, 0.25) is 0 Å². The molecule has 0 aliphatic heterocycles. The first-order chi connectivity index (χ1) is 12.0. The van der Waals surface area contributed by atoms with E-state index >= 15 is 0 Å². The summed E-state index contributed by atoms with van der Waals surface area (Å²) in [5.74, 6) is 0.982. The van der Waals surface area contributed by atoms with Crippen molar-refractivity contribution in [3.05, 3.63) is 62.7 Å². The van der Waals surface area contributed by atoms with Gasteiger partial charge in [-0.1, -0.05) is 44.0 Å². The second-order valence-electron chi connectivity index (χ2n) is 6.44. The van der Waals surface area contributed by atoms with Crippen molar-refractivity contribution in [2.75, 3.05) is 27.2 Å². The molecule has 5 heteroatoms. The predicted molar refractivity (Wildman–Crippen MR) is 112 cm³/mol. The van der Waals surface area contributed by atoms with Crippen LogP contribution in [0, 0.1) is 6.92 Å². The molecule has 0 fully saturated rings. The van der Waals surface area contributed by atoms with E-state index in [1.165, 1.54) is 11.1 Å². The van der Waals surface area contributed by atoms with E-state index in [1.54, 1.807) is 0 Å². The Morgan fingerprint density at radius 3 is 2.36 bits per heavy atom. The Bertz CT molecular complexity index is 870. The summed E-state index contributed by atoms with van der Waals surface area (Å²) in [7, 11) is 4.12. The molecule has 1 aromatic heterocycles. The number of ether oxygens (including phenoxy) is 1. The Morgan fingerprint density at radius 1 is 1.00 bits per heavy atom. The molecule has 3 aromatic rings. The van der Waals surface area contributed by atoms with Gasteiger partial charge < -0.3 is 14.2 Å². The Balaban J connectivity index is 1.99. The quantitative estimate of drug-likeness (QED) is 0.480. The normalized spacial score (nSPS) is 11.4. The molecule has 0 amide bonds. The van der Waals surface area contributed by atoms with Crippen LogP contribution in [0.2, 0.25) is 0 Å². The van der Waals surface area contributed by atoms with Crippen molar-refractivity contribution in [1.82, 2.24) is 9.47 Å². The van der Waals surface area contributed by atoms with E-state index < -0.39 is 0 Å². The van der Waals surface area contributed by atoms with Gasteiger partial charge in [0.15, 0.2) is 0 Å². The van der Waals surface area contributed by atoms with Gasteiger partial charge in [0.1, 0.15) is 12.4 Å². The van der Waals surface area contributed by atoms with Crippen LogP contribution >= 0.6 is 31.9 Å². The van der Waals surface area contributed by atoms with Crippen molar-refractivity contribution in [2.24, 2.45) is 0 Å². The van der Waals surface area contributed by atoms with E-state index in [9.17, 15) is 0 Å². The van der Waals surface area contributed by atoms with Crippen LogP contribution in [-0.4, -0.2) is 36.7 Å². The maximum atomic E-state index is 6.16. The van der Waals surface area contributed by atoms with E-state index in [0.29, 0.717) is 6.61 Å². The van der Waals surface area contributed by atoms with Gasteiger partial charge in [-0.15, -0.1) is 0 Å². The van der Waals surface area contributed by atoms with E-state index in [4.69, 9.17) is 4.74 Å². The topological polar surface area (TPSA) is 17.4 Å². The second kappa shape index (κ2) is 7.94. The number of aromatic nitrogens is 1. The zero-order valence-corrected chi connectivity index (χ0v) is 17.9. The van der Waals surface area contributed by atoms with Crippen LogP contribution in [0.15, 0.2) is 51.4 Å². The molecule has 0 unspecified atom stereocenters. The molecule has 0 aliphatic carbocycles. The summed E-state index contributed by atoms with van der Waals surface area (Å²) >= 11 is 7.09. The molecule has 3 rings (SSSR count). The maximum absolute atomic E-state index is 6.16. The number of hydrogen-bond acceptors (Lipinski definition) is 2. The summed E-state index contributed by atoms with van der Waals surface area (Å²) in [6.07, 6.45) is 0. The van der Waals surface area contributed by atoms with Gasteiger partial charge in [0.25, 0.3) is 0 Å². The number of hydrogen-bond donors (Lipinski definition) is 0. The lowest BCUT2D eigenvalue weighted by atomic mass is 10.2. The van der Waals surface area contributed by atoms with Gasteiger partial charge in [0.05, 0.1) is 11.2 Å². The highest BCUT2D eigenvalue weighted by Gasteiger charge is 2.16. The first-order valence-corrected chi connectivity index (χ1v) is 9.84. The SMILES string of the molecule is Cc1c(OCCN(C)C)c2cc(Br)ccc2n1Cc1ccc(Br)cc1. The van der Waals surface area contributed by atoms with Crippen LogP contribution in [-0.2, 0) is 6.54 Å². The lowest BCUT2D eigenvalue weighted by Gasteiger charge is -2.12. The average Bonchev–Trinajstić information content (AvgIpc) is 2.81. The monoisotopic (exact) mass is 464 g/mol. The number of likely N-dealkylation sites (N-methyl/N-ethyl adjacent to an activating group) is 1. The Hall–Kier alpha value is -1.30. The van der Waals surface area contributed by atoms with Crippen molar-refractivity contribution in [3.63, 3.8) is 0 Å². The molecule has 0 spiro atoms. The molecule has 0 bridgehead atoms. The molecule has 1 heterocycles. The third-order valence-corrected chi connectivity index (χ3v) is 5.29. The van der Waals surface area contributed by atoms with Crippen molar-refractivity contribution in [1.29, 1.82) is 0 Å². The van der Waals surface area contributed by atoms with Crippen LogP contribution < -0.4 is 4.74 Å². The molecule has 0 radical (unpaired) electrons. The highest BCUT2D eigenvalue weighted by atomic mass is 79.9. The number of benzene rings is 2. The van der Waals surface area contributed by atoms with Crippen LogP contribution in [0.25, 0.3) is 10.9 Å². The van der Waals surface area contributed by atoms with Crippen molar-refractivity contribution in [2.45, 2.75) is 13.5 Å². The van der Waals surface area contributed by atoms with Crippen LogP contribution in [0.1, 0.15) is 11.3 Å². The molecule has 3 nitrogen and oxygen atoms in total. The minimum atomic E-state index is 0.678. The third kappa shape index (κ3) is 4.27. The van der Waals surface area contributed by atoms with Crippen LogP contribution in [0.3, 0.4) is 0 Å². The molecule has 0 saturated heterocycles. The molecular weight excluding hydrogens is 444 g/mol. The number of rotatable bonds is 6. The summed E-state index contributed by atoms with van der Waals surface area (Å²) in [5.41, 5.74) is 3.63. The Labute approximate surface area is 165 Å².